The summed E-state index contributed by atoms with van der Waals surface area (Å²) in [6, 6.07) is 17.8. The molecule has 1 amide bonds. The maximum absolute atomic E-state index is 13.0. The highest BCUT2D eigenvalue weighted by atomic mass is 35.5. The zero-order chi connectivity index (χ0) is 23.8. The quantitative estimate of drug-likeness (QED) is 0.405. The van der Waals surface area contributed by atoms with Gasteiger partial charge in [0.1, 0.15) is 5.82 Å². The van der Waals surface area contributed by atoms with E-state index >= 15 is 0 Å². The van der Waals surface area contributed by atoms with Crippen molar-refractivity contribution in [1.82, 2.24) is 14.6 Å². The van der Waals surface area contributed by atoms with Crippen LogP contribution in [0, 0.1) is 26.7 Å². The Balaban J connectivity index is 1.33. The van der Waals surface area contributed by atoms with Gasteiger partial charge < -0.3 is 10.2 Å². The van der Waals surface area contributed by atoms with Gasteiger partial charge in [-0.1, -0.05) is 35.9 Å². The number of aryl methyl sites for hydroxylation is 2. The summed E-state index contributed by atoms with van der Waals surface area (Å²) in [6.07, 6.45) is 1.59. The Kier molecular flexibility index (Phi) is 6.00. The van der Waals surface area contributed by atoms with Gasteiger partial charge in [0.15, 0.2) is 5.65 Å². The highest BCUT2D eigenvalue weighted by molar-refractivity contribution is 6.30. The second-order valence-corrected chi connectivity index (χ2v) is 9.50. The van der Waals surface area contributed by atoms with Crippen LogP contribution in [0.15, 0.2) is 54.6 Å². The lowest BCUT2D eigenvalue weighted by atomic mass is 9.95. The zero-order valence-corrected chi connectivity index (χ0v) is 20.4. The molecule has 0 bridgehead atoms. The summed E-state index contributed by atoms with van der Waals surface area (Å²) >= 11 is 6.05. The summed E-state index contributed by atoms with van der Waals surface area (Å²) in [6.45, 7) is 7.70. The number of amides is 1. The molecule has 5 rings (SSSR count). The first-order chi connectivity index (χ1) is 16.4. The maximum Gasteiger partial charge on any atom is 0.227 e. The molecule has 4 aromatic rings. The fourth-order valence-electron chi connectivity index (χ4n) is 4.56. The first kappa shape index (κ1) is 22.4. The Morgan fingerprint density at radius 2 is 1.76 bits per heavy atom. The molecule has 1 aliphatic rings. The molecule has 34 heavy (non-hydrogen) atoms. The summed E-state index contributed by atoms with van der Waals surface area (Å²) in [5, 5.41) is 8.69. The van der Waals surface area contributed by atoms with Gasteiger partial charge in [-0.3, -0.25) is 4.79 Å². The Morgan fingerprint density at radius 1 is 1.03 bits per heavy atom. The van der Waals surface area contributed by atoms with Gasteiger partial charge in [-0.15, -0.1) is 0 Å². The number of benzene rings is 2. The van der Waals surface area contributed by atoms with Gasteiger partial charge in [-0.25, -0.2) is 4.98 Å². The van der Waals surface area contributed by atoms with Gasteiger partial charge in [0.25, 0.3) is 0 Å². The molecule has 0 aliphatic carbocycles. The first-order valence-electron chi connectivity index (χ1n) is 11.6. The number of rotatable bonds is 4. The lowest BCUT2D eigenvalue weighted by Crippen LogP contribution is -2.39. The van der Waals surface area contributed by atoms with Gasteiger partial charge in [0, 0.05) is 53.1 Å². The SMILES string of the molecule is Cc1cc(N2CCC(C(=O)Nc3cccc(C)c3C)CC2)n2nc(-c3ccc(Cl)cc3)cc2n1. The van der Waals surface area contributed by atoms with Gasteiger partial charge in [-0.05, 0) is 62.9 Å². The van der Waals surface area contributed by atoms with Crippen LogP contribution in [-0.2, 0) is 4.79 Å². The predicted octanol–water partition coefficient (Wildman–Crippen LogP) is 5.83. The van der Waals surface area contributed by atoms with Crippen LogP contribution in [0.3, 0.4) is 0 Å². The van der Waals surface area contributed by atoms with Crippen molar-refractivity contribution in [2.75, 3.05) is 23.3 Å². The third-order valence-corrected chi connectivity index (χ3v) is 6.98. The molecule has 0 radical (unpaired) electrons. The Bertz CT molecular complexity index is 1350. The summed E-state index contributed by atoms with van der Waals surface area (Å²) in [4.78, 5) is 19.9. The number of piperidine rings is 1. The van der Waals surface area contributed by atoms with Crippen molar-refractivity contribution in [3.63, 3.8) is 0 Å². The van der Waals surface area contributed by atoms with Crippen LogP contribution >= 0.6 is 11.6 Å². The van der Waals surface area contributed by atoms with E-state index in [1.807, 2.05) is 60.8 Å². The van der Waals surface area contributed by atoms with Crippen molar-refractivity contribution >= 4 is 34.7 Å². The van der Waals surface area contributed by atoms with E-state index in [0.717, 1.165) is 65.6 Å². The monoisotopic (exact) mass is 473 g/mol. The van der Waals surface area contributed by atoms with E-state index in [9.17, 15) is 4.79 Å². The van der Waals surface area contributed by atoms with E-state index in [-0.39, 0.29) is 11.8 Å². The molecule has 0 atom stereocenters. The average molecular weight is 474 g/mol. The van der Waals surface area contributed by atoms with E-state index in [0.29, 0.717) is 5.02 Å². The highest BCUT2D eigenvalue weighted by Gasteiger charge is 2.27. The van der Waals surface area contributed by atoms with Crippen LogP contribution < -0.4 is 10.2 Å². The van der Waals surface area contributed by atoms with Crippen molar-refractivity contribution in [1.29, 1.82) is 0 Å². The van der Waals surface area contributed by atoms with Gasteiger partial charge in [-0.2, -0.15) is 9.61 Å². The summed E-state index contributed by atoms with van der Waals surface area (Å²) in [5.41, 5.74) is 6.83. The number of nitrogens with zero attached hydrogens (tertiary/aromatic N) is 4. The van der Waals surface area contributed by atoms with E-state index in [1.165, 1.54) is 5.56 Å². The average Bonchev–Trinajstić information content (AvgIpc) is 3.26. The molecule has 0 spiro atoms. The van der Waals surface area contributed by atoms with Gasteiger partial charge in [0.2, 0.25) is 5.91 Å². The summed E-state index contributed by atoms with van der Waals surface area (Å²) in [5.74, 6) is 1.11. The third-order valence-electron chi connectivity index (χ3n) is 6.73. The Labute approximate surface area is 204 Å². The number of nitrogens with one attached hydrogen (secondary N) is 1. The Morgan fingerprint density at radius 3 is 2.50 bits per heavy atom. The predicted molar refractivity (Wildman–Crippen MR) is 138 cm³/mol. The number of fused-ring (bicyclic) bond motifs is 1. The van der Waals surface area contributed by atoms with Crippen LogP contribution in [0.4, 0.5) is 11.5 Å². The van der Waals surface area contributed by atoms with Crippen molar-refractivity contribution in [2.45, 2.75) is 33.6 Å². The minimum absolute atomic E-state index is 0.00293. The van der Waals surface area contributed by atoms with E-state index in [2.05, 4.69) is 34.3 Å². The van der Waals surface area contributed by atoms with E-state index in [4.69, 9.17) is 16.7 Å². The molecule has 2 aromatic carbocycles. The molecule has 1 N–H and O–H groups in total. The largest absolute Gasteiger partial charge is 0.356 e. The smallest absolute Gasteiger partial charge is 0.227 e. The fraction of sp³-hybridized carbons (Fsp3) is 0.296. The summed E-state index contributed by atoms with van der Waals surface area (Å²) < 4.78 is 1.91. The molecule has 0 saturated carbocycles. The number of aromatic nitrogens is 3. The molecule has 6 nitrogen and oxygen atoms in total. The van der Waals surface area contributed by atoms with E-state index < -0.39 is 0 Å². The fourth-order valence-corrected chi connectivity index (χ4v) is 4.69. The van der Waals surface area contributed by atoms with Crippen molar-refractivity contribution < 1.29 is 4.79 Å². The number of halogens is 1. The second kappa shape index (κ2) is 9.11. The Hall–Kier alpha value is -3.38. The normalized spacial score (nSPS) is 14.5. The van der Waals surface area contributed by atoms with Gasteiger partial charge in [0.05, 0.1) is 5.69 Å². The molecule has 2 aromatic heterocycles. The van der Waals surface area contributed by atoms with Crippen LogP contribution in [-0.4, -0.2) is 33.6 Å². The molecular formula is C27H28ClN5O. The molecule has 7 heteroatoms. The number of hydrogen-bond acceptors (Lipinski definition) is 4. The lowest BCUT2D eigenvalue weighted by Gasteiger charge is -2.33. The standard InChI is InChI=1S/C27H28ClN5O/c1-17-5-4-6-23(19(17)3)30-27(34)21-11-13-32(14-12-21)26-15-18(2)29-25-16-24(31-33(25)26)20-7-9-22(28)10-8-20/h4-10,15-16,21H,11-14H2,1-3H3,(H,30,34). The topological polar surface area (TPSA) is 62.5 Å². The zero-order valence-electron chi connectivity index (χ0n) is 19.7. The molecule has 0 unspecified atom stereocenters. The second-order valence-electron chi connectivity index (χ2n) is 9.06. The minimum atomic E-state index is -0.00293. The highest BCUT2D eigenvalue weighted by Crippen LogP contribution is 2.28. The van der Waals surface area contributed by atoms with Crippen LogP contribution in [0.1, 0.15) is 29.7 Å². The lowest BCUT2D eigenvalue weighted by molar-refractivity contribution is -0.120. The third kappa shape index (κ3) is 4.38. The first-order valence-corrected chi connectivity index (χ1v) is 12.0. The number of anilines is 2. The van der Waals surface area contributed by atoms with Gasteiger partial charge >= 0.3 is 0 Å². The number of carbonyl (C=O) groups excluding carboxylic acids is 1. The van der Waals surface area contributed by atoms with Crippen molar-refractivity contribution in [3.05, 3.63) is 76.4 Å². The molecule has 1 saturated heterocycles. The molecular weight excluding hydrogens is 446 g/mol. The van der Waals surface area contributed by atoms with E-state index in [1.54, 1.807) is 0 Å². The maximum atomic E-state index is 13.0. The minimum Gasteiger partial charge on any atom is -0.356 e. The molecule has 1 aliphatic heterocycles. The van der Waals surface area contributed by atoms with Crippen LogP contribution in [0.2, 0.25) is 5.02 Å². The molecule has 1 fully saturated rings. The molecule has 174 valence electrons. The number of carbonyl (C=O) groups is 1. The van der Waals surface area contributed by atoms with Crippen molar-refractivity contribution in [3.8, 4) is 11.3 Å². The van der Waals surface area contributed by atoms with Crippen LogP contribution in [0.25, 0.3) is 16.9 Å². The van der Waals surface area contributed by atoms with Crippen molar-refractivity contribution in [2.24, 2.45) is 5.92 Å². The number of hydrogen-bond donors (Lipinski definition) is 1. The van der Waals surface area contributed by atoms with Crippen LogP contribution in [0.5, 0.6) is 0 Å². The summed E-state index contributed by atoms with van der Waals surface area (Å²) in [7, 11) is 0. The molecule has 3 heterocycles.